The van der Waals surface area contributed by atoms with Crippen molar-refractivity contribution in [2.45, 2.75) is 58.2 Å². The van der Waals surface area contributed by atoms with Crippen LogP contribution in [0.15, 0.2) is 36.7 Å². The van der Waals surface area contributed by atoms with Crippen molar-refractivity contribution < 1.29 is 18.0 Å². The number of alkyl halides is 3. The van der Waals surface area contributed by atoms with E-state index in [0.717, 1.165) is 5.56 Å². The van der Waals surface area contributed by atoms with Crippen LogP contribution in [0.2, 0.25) is 0 Å². The Morgan fingerprint density at radius 1 is 1.07 bits per heavy atom. The molecule has 0 saturated carbocycles. The first-order valence-corrected chi connectivity index (χ1v) is 8.90. The van der Waals surface area contributed by atoms with E-state index in [2.05, 4.69) is 29.1 Å². The molecule has 0 saturated heterocycles. The van der Waals surface area contributed by atoms with E-state index in [1.807, 2.05) is 24.3 Å². The number of benzene rings is 1. The fourth-order valence-electron chi connectivity index (χ4n) is 2.56. The van der Waals surface area contributed by atoms with Gasteiger partial charge in [-0.3, -0.25) is 14.8 Å². The first kappa shape index (κ1) is 20.9. The van der Waals surface area contributed by atoms with Gasteiger partial charge in [0.1, 0.15) is 0 Å². The van der Waals surface area contributed by atoms with Crippen molar-refractivity contribution in [1.82, 2.24) is 15.3 Å². The summed E-state index contributed by atoms with van der Waals surface area (Å²) in [5.74, 6) is 0.285. The molecule has 27 heavy (non-hydrogen) atoms. The maximum Gasteiger partial charge on any atom is 0.389 e. The van der Waals surface area contributed by atoms with Gasteiger partial charge in [0.2, 0.25) is 5.91 Å². The number of amides is 1. The zero-order chi connectivity index (χ0) is 20.0. The maximum atomic E-state index is 12.2. The van der Waals surface area contributed by atoms with Crippen molar-refractivity contribution in [3.05, 3.63) is 59.2 Å². The molecule has 2 aromatic rings. The van der Waals surface area contributed by atoms with E-state index in [1.165, 1.54) is 18.0 Å². The average molecular weight is 379 g/mol. The highest BCUT2D eigenvalue weighted by Gasteiger charge is 2.26. The van der Waals surface area contributed by atoms with Crippen molar-refractivity contribution in [3.63, 3.8) is 0 Å². The Hall–Kier alpha value is -2.44. The third kappa shape index (κ3) is 7.00. The van der Waals surface area contributed by atoms with Gasteiger partial charge in [-0.2, -0.15) is 13.2 Å². The summed E-state index contributed by atoms with van der Waals surface area (Å²) in [5, 5.41) is 2.84. The van der Waals surface area contributed by atoms with Crippen molar-refractivity contribution >= 4 is 5.91 Å². The molecule has 0 bridgehead atoms. The Labute approximate surface area is 157 Å². The van der Waals surface area contributed by atoms with Gasteiger partial charge >= 0.3 is 6.18 Å². The summed E-state index contributed by atoms with van der Waals surface area (Å²) in [6, 6.07) is 7.53. The van der Waals surface area contributed by atoms with Crippen molar-refractivity contribution in [2.24, 2.45) is 0 Å². The smallest absolute Gasteiger partial charge is 0.348 e. The molecule has 7 heteroatoms. The largest absolute Gasteiger partial charge is 0.389 e. The summed E-state index contributed by atoms with van der Waals surface area (Å²) in [5.41, 5.74) is 2.92. The molecule has 0 radical (unpaired) electrons. The first-order valence-electron chi connectivity index (χ1n) is 8.90. The Bertz CT molecular complexity index is 741. The molecule has 1 amide bonds. The van der Waals surface area contributed by atoms with Crippen LogP contribution in [-0.4, -0.2) is 22.1 Å². The number of carbonyl (C=O) groups is 1. The van der Waals surface area contributed by atoms with E-state index in [1.54, 1.807) is 6.92 Å². The normalized spacial score (nSPS) is 12.9. The monoisotopic (exact) mass is 379 g/mol. The number of rotatable bonds is 7. The SMILES string of the molecule is CC(C)c1ccc(CC(=O)NC(C)c2cnc(CCC(F)(F)F)cn2)cc1. The number of carbonyl (C=O) groups excluding carboxylic acids is 1. The predicted octanol–water partition coefficient (Wildman–Crippen LogP) is 4.51. The lowest BCUT2D eigenvalue weighted by atomic mass is 10.0. The van der Waals surface area contributed by atoms with Crippen LogP contribution in [-0.2, 0) is 17.6 Å². The number of nitrogens with zero attached hydrogens (tertiary/aromatic N) is 2. The molecule has 0 spiro atoms. The summed E-state index contributed by atoms with van der Waals surface area (Å²) < 4.78 is 36.7. The number of nitrogens with one attached hydrogen (secondary N) is 1. The van der Waals surface area contributed by atoms with E-state index < -0.39 is 12.6 Å². The Balaban J connectivity index is 1.88. The number of hydrogen-bond donors (Lipinski definition) is 1. The quantitative estimate of drug-likeness (QED) is 0.770. The van der Waals surface area contributed by atoms with Gasteiger partial charge in [0.05, 0.1) is 30.0 Å². The van der Waals surface area contributed by atoms with Crippen molar-refractivity contribution in [1.29, 1.82) is 0 Å². The lowest BCUT2D eigenvalue weighted by Crippen LogP contribution is -2.28. The number of aryl methyl sites for hydroxylation is 1. The minimum Gasteiger partial charge on any atom is -0.348 e. The molecule has 0 aliphatic rings. The van der Waals surface area contributed by atoms with Crippen LogP contribution in [0.3, 0.4) is 0 Å². The van der Waals surface area contributed by atoms with E-state index in [-0.39, 0.29) is 30.5 Å². The van der Waals surface area contributed by atoms with Crippen LogP contribution in [0.1, 0.15) is 61.7 Å². The summed E-state index contributed by atoms with van der Waals surface area (Å²) in [6.45, 7) is 5.98. The van der Waals surface area contributed by atoms with Crippen molar-refractivity contribution in [3.8, 4) is 0 Å². The standard InChI is InChI=1S/C20H24F3N3O/c1-13(2)16-6-4-15(5-7-16)10-19(27)26-14(3)18-12-24-17(11-25-18)8-9-20(21,22)23/h4-7,11-14H,8-10H2,1-3H3,(H,26,27). The molecule has 146 valence electrons. The number of aromatic nitrogens is 2. The van der Waals surface area contributed by atoms with Crippen LogP contribution in [0.4, 0.5) is 13.2 Å². The molecule has 1 heterocycles. The highest BCUT2D eigenvalue weighted by molar-refractivity contribution is 5.78. The molecule has 0 aliphatic heterocycles. The van der Waals surface area contributed by atoms with Gasteiger partial charge in [-0.25, -0.2) is 0 Å². The summed E-state index contributed by atoms with van der Waals surface area (Å²) in [4.78, 5) is 20.3. The molecule has 1 N–H and O–H groups in total. The Morgan fingerprint density at radius 3 is 2.26 bits per heavy atom. The van der Waals surface area contributed by atoms with E-state index >= 15 is 0 Å². The molecule has 4 nitrogen and oxygen atoms in total. The van der Waals surface area contributed by atoms with Gasteiger partial charge in [-0.15, -0.1) is 0 Å². The van der Waals surface area contributed by atoms with Crippen LogP contribution < -0.4 is 5.32 Å². The molecular weight excluding hydrogens is 355 g/mol. The van der Waals surface area contributed by atoms with Gasteiger partial charge in [0.25, 0.3) is 0 Å². The second-order valence-electron chi connectivity index (χ2n) is 6.91. The molecule has 1 aromatic heterocycles. The highest BCUT2D eigenvalue weighted by atomic mass is 19.4. The summed E-state index contributed by atoms with van der Waals surface area (Å²) in [6.07, 6.45) is -2.36. The molecule has 1 aromatic carbocycles. The van der Waals surface area contributed by atoms with E-state index in [9.17, 15) is 18.0 Å². The van der Waals surface area contributed by atoms with E-state index in [4.69, 9.17) is 0 Å². The molecule has 0 fully saturated rings. The highest BCUT2D eigenvalue weighted by Crippen LogP contribution is 2.21. The van der Waals surface area contributed by atoms with E-state index in [0.29, 0.717) is 11.6 Å². The van der Waals surface area contributed by atoms with Gasteiger partial charge in [0.15, 0.2) is 0 Å². The topological polar surface area (TPSA) is 54.9 Å². The zero-order valence-electron chi connectivity index (χ0n) is 15.7. The lowest BCUT2D eigenvalue weighted by Gasteiger charge is -2.14. The summed E-state index contributed by atoms with van der Waals surface area (Å²) >= 11 is 0. The summed E-state index contributed by atoms with van der Waals surface area (Å²) in [7, 11) is 0. The molecule has 0 aliphatic carbocycles. The first-order chi connectivity index (χ1) is 12.6. The third-order valence-electron chi connectivity index (χ3n) is 4.22. The fraction of sp³-hybridized carbons (Fsp3) is 0.450. The predicted molar refractivity (Wildman–Crippen MR) is 97.2 cm³/mol. The second kappa shape index (κ2) is 8.97. The molecule has 1 unspecified atom stereocenters. The van der Waals surface area contributed by atoms with Gasteiger partial charge in [0, 0.05) is 12.6 Å². The average Bonchev–Trinajstić information content (AvgIpc) is 2.60. The van der Waals surface area contributed by atoms with Crippen LogP contribution in [0.25, 0.3) is 0 Å². The van der Waals surface area contributed by atoms with Gasteiger partial charge in [-0.05, 0) is 30.4 Å². The molecular formula is C20H24F3N3O. The zero-order valence-corrected chi connectivity index (χ0v) is 15.7. The van der Waals surface area contributed by atoms with Crippen LogP contribution >= 0.6 is 0 Å². The molecule has 1 atom stereocenters. The Morgan fingerprint density at radius 2 is 1.74 bits per heavy atom. The van der Waals surface area contributed by atoms with Crippen molar-refractivity contribution in [2.75, 3.05) is 0 Å². The number of halogens is 3. The lowest BCUT2D eigenvalue weighted by molar-refractivity contribution is -0.134. The molecule has 2 rings (SSSR count). The maximum absolute atomic E-state index is 12.2. The fourth-order valence-corrected chi connectivity index (χ4v) is 2.56. The Kier molecular flexibility index (Phi) is 6.93. The van der Waals surface area contributed by atoms with Crippen LogP contribution in [0, 0.1) is 0 Å². The van der Waals surface area contributed by atoms with Gasteiger partial charge in [-0.1, -0.05) is 38.1 Å². The minimum atomic E-state index is -4.21. The second-order valence-corrected chi connectivity index (χ2v) is 6.91. The number of hydrogen-bond acceptors (Lipinski definition) is 3. The van der Waals surface area contributed by atoms with Crippen LogP contribution in [0.5, 0.6) is 0 Å². The third-order valence-corrected chi connectivity index (χ3v) is 4.22. The van der Waals surface area contributed by atoms with Gasteiger partial charge < -0.3 is 5.32 Å². The minimum absolute atomic E-state index is 0.150.